The number of anilines is 3. The smallest absolute Gasteiger partial charge is 0.348 e. The van der Waals surface area contributed by atoms with Crippen LogP contribution in [0.1, 0.15) is 0 Å². The maximum atomic E-state index is 10.8. The van der Waals surface area contributed by atoms with E-state index >= 15 is 0 Å². The molecule has 72 valence electrons. The van der Waals surface area contributed by atoms with Gasteiger partial charge in [-0.05, 0) is 0 Å². The number of nitrogens with one attached hydrogen (secondary N) is 2. The van der Waals surface area contributed by atoms with E-state index in [2.05, 4.69) is 15.3 Å². The predicted octanol–water partition coefficient (Wildman–Crippen LogP) is -1.66. The molecule has 1 aromatic rings. The van der Waals surface area contributed by atoms with Crippen LogP contribution in [-0.4, -0.2) is 28.2 Å². The minimum Gasteiger partial charge on any atom is -0.395 e. The van der Waals surface area contributed by atoms with Gasteiger partial charge >= 0.3 is 5.69 Å². The van der Waals surface area contributed by atoms with E-state index in [0.717, 1.165) is 0 Å². The molecule has 0 fully saturated rings. The van der Waals surface area contributed by atoms with Crippen molar-refractivity contribution in [3.05, 3.63) is 10.5 Å². The molecule has 1 aromatic heterocycles. The van der Waals surface area contributed by atoms with Crippen molar-refractivity contribution in [2.45, 2.75) is 0 Å². The van der Waals surface area contributed by atoms with E-state index in [0.29, 0.717) is 0 Å². The zero-order chi connectivity index (χ0) is 9.84. The number of aliphatic hydroxyl groups is 1. The number of aromatic nitrogens is 2. The summed E-state index contributed by atoms with van der Waals surface area (Å²) in [7, 11) is 0. The predicted molar refractivity (Wildman–Crippen MR) is 49.3 cm³/mol. The molecule has 0 aliphatic rings. The van der Waals surface area contributed by atoms with Crippen LogP contribution in [0.25, 0.3) is 0 Å². The van der Waals surface area contributed by atoms with Gasteiger partial charge < -0.3 is 21.9 Å². The SMILES string of the molecule is Nc1[nH]c(=O)nc(NCCO)c1N. The molecule has 0 saturated heterocycles. The number of nitrogens with two attached hydrogens (primary N) is 2. The minimum atomic E-state index is -0.577. The molecule has 0 bridgehead atoms. The Bertz CT molecular complexity index is 347. The lowest BCUT2D eigenvalue weighted by atomic mass is 10.4. The Kier molecular flexibility index (Phi) is 2.70. The highest BCUT2D eigenvalue weighted by molar-refractivity contribution is 5.71. The first-order chi connectivity index (χ1) is 6.15. The quantitative estimate of drug-likeness (QED) is 0.383. The minimum absolute atomic E-state index is 0.0699. The number of nitrogens with zero attached hydrogens (tertiary/aromatic N) is 1. The molecule has 1 heterocycles. The summed E-state index contributed by atoms with van der Waals surface area (Å²) in [5.74, 6) is 0.260. The molecule has 0 saturated carbocycles. The van der Waals surface area contributed by atoms with Crippen molar-refractivity contribution in [3.63, 3.8) is 0 Å². The summed E-state index contributed by atoms with van der Waals surface area (Å²) >= 11 is 0. The van der Waals surface area contributed by atoms with Crippen molar-refractivity contribution < 1.29 is 5.11 Å². The van der Waals surface area contributed by atoms with Crippen LogP contribution in [0.5, 0.6) is 0 Å². The highest BCUT2D eigenvalue weighted by Crippen LogP contribution is 2.16. The van der Waals surface area contributed by atoms with E-state index in [1.807, 2.05) is 0 Å². The van der Waals surface area contributed by atoms with Gasteiger partial charge in [-0.15, -0.1) is 0 Å². The van der Waals surface area contributed by atoms with E-state index < -0.39 is 5.69 Å². The van der Waals surface area contributed by atoms with Crippen LogP contribution in [0.3, 0.4) is 0 Å². The molecule has 1 rings (SSSR count). The summed E-state index contributed by atoms with van der Waals surface area (Å²) in [6, 6.07) is 0. The molecule has 0 amide bonds. The third-order valence-electron chi connectivity index (χ3n) is 1.40. The summed E-state index contributed by atoms with van der Waals surface area (Å²) < 4.78 is 0. The van der Waals surface area contributed by atoms with Crippen molar-refractivity contribution in [2.24, 2.45) is 0 Å². The second-order valence-corrected chi connectivity index (χ2v) is 2.37. The van der Waals surface area contributed by atoms with Crippen LogP contribution >= 0.6 is 0 Å². The van der Waals surface area contributed by atoms with Crippen molar-refractivity contribution in [3.8, 4) is 0 Å². The Labute approximate surface area is 73.8 Å². The highest BCUT2D eigenvalue weighted by atomic mass is 16.3. The first-order valence-electron chi connectivity index (χ1n) is 3.65. The molecule has 0 aromatic carbocycles. The van der Waals surface area contributed by atoms with Gasteiger partial charge in [0.05, 0.1) is 6.61 Å². The fourth-order valence-electron chi connectivity index (χ4n) is 0.809. The molecular formula is C6H11N5O2. The normalized spacial score (nSPS) is 9.92. The van der Waals surface area contributed by atoms with Crippen LogP contribution < -0.4 is 22.5 Å². The summed E-state index contributed by atoms with van der Waals surface area (Å²) in [6.07, 6.45) is 0. The number of nitrogen functional groups attached to an aromatic ring is 2. The van der Waals surface area contributed by atoms with E-state index in [1.54, 1.807) is 0 Å². The summed E-state index contributed by atoms with van der Waals surface area (Å²) in [4.78, 5) is 16.6. The highest BCUT2D eigenvalue weighted by Gasteiger charge is 2.04. The van der Waals surface area contributed by atoms with Crippen LogP contribution in [0, 0.1) is 0 Å². The fourth-order valence-corrected chi connectivity index (χ4v) is 0.809. The van der Waals surface area contributed by atoms with Gasteiger partial charge in [0, 0.05) is 6.54 Å². The molecule has 0 aliphatic carbocycles. The Hall–Kier alpha value is -1.76. The number of rotatable bonds is 3. The molecule has 0 spiro atoms. The standard InChI is InChI=1S/C6H11N5O2/c7-3-4(8)10-6(13)11-5(3)9-1-2-12/h12H,1-2,7H2,(H4,8,9,10,11,13). The average molecular weight is 185 g/mol. The molecule has 7 heteroatoms. The van der Waals surface area contributed by atoms with Crippen LogP contribution in [-0.2, 0) is 0 Å². The Morgan fingerprint density at radius 3 is 2.85 bits per heavy atom. The molecule has 7 N–H and O–H groups in total. The van der Waals surface area contributed by atoms with Gasteiger partial charge in [0.2, 0.25) is 0 Å². The molecule has 0 aliphatic heterocycles. The van der Waals surface area contributed by atoms with Gasteiger partial charge in [-0.2, -0.15) is 4.98 Å². The number of hydrogen-bond acceptors (Lipinski definition) is 6. The van der Waals surface area contributed by atoms with Crippen LogP contribution in [0.15, 0.2) is 4.79 Å². The van der Waals surface area contributed by atoms with Crippen molar-refractivity contribution in [2.75, 3.05) is 29.9 Å². The van der Waals surface area contributed by atoms with Gasteiger partial charge in [-0.1, -0.05) is 0 Å². The van der Waals surface area contributed by atoms with Gasteiger partial charge in [-0.25, -0.2) is 4.79 Å². The Morgan fingerprint density at radius 1 is 1.54 bits per heavy atom. The van der Waals surface area contributed by atoms with E-state index in [9.17, 15) is 4.79 Å². The van der Waals surface area contributed by atoms with Crippen molar-refractivity contribution >= 4 is 17.3 Å². The second-order valence-electron chi connectivity index (χ2n) is 2.37. The molecule has 13 heavy (non-hydrogen) atoms. The molecule has 0 radical (unpaired) electrons. The Balaban J connectivity index is 2.99. The maximum Gasteiger partial charge on any atom is 0.348 e. The average Bonchev–Trinajstić information content (AvgIpc) is 2.09. The first kappa shape index (κ1) is 9.33. The van der Waals surface area contributed by atoms with Crippen LogP contribution in [0.4, 0.5) is 17.3 Å². The van der Waals surface area contributed by atoms with Crippen LogP contribution in [0.2, 0.25) is 0 Å². The lowest BCUT2D eigenvalue weighted by Crippen LogP contribution is -2.19. The lowest BCUT2D eigenvalue weighted by molar-refractivity contribution is 0.311. The third kappa shape index (κ3) is 2.09. The molecule has 0 unspecified atom stereocenters. The zero-order valence-corrected chi connectivity index (χ0v) is 6.87. The topological polar surface area (TPSA) is 130 Å². The van der Waals surface area contributed by atoms with Crippen molar-refractivity contribution in [1.82, 2.24) is 9.97 Å². The third-order valence-corrected chi connectivity index (χ3v) is 1.40. The van der Waals surface area contributed by atoms with Crippen molar-refractivity contribution in [1.29, 1.82) is 0 Å². The van der Waals surface area contributed by atoms with E-state index in [-0.39, 0.29) is 30.5 Å². The largest absolute Gasteiger partial charge is 0.395 e. The summed E-state index contributed by atoms with van der Waals surface area (Å²) in [5, 5.41) is 11.2. The number of hydrogen-bond donors (Lipinski definition) is 5. The number of aliphatic hydroxyl groups excluding tert-OH is 1. The second kappa shape index (κ2) is 3.76. The van der Waals surface area contributed by atoms with Gasteiger partial charge in [0.25, 0.3) is 0 Å². The monoisotopic (exact) mass is 185 g/mol. The number of aromatic amines is 1. The maximum absolute atomic E-state index is 10.8. The first-order valence-corrected chi connectivity index (χ1v) is 3.65. The molecule has 7 nitrogen and oxygen atoms in total. The van der Waals surface area contributed by atoms with Gasteiger partial charge in [0.1, 0.15) is 11.5 Å². The molecular weight excluding hydrogens is 174 g/mol. The fraction of sp³-hybridized carbons (Fsp3) is 0.333. The van der Waals surface area contributed by atoms with Gasteiger partial charge in [-0.3, -0.25) is 4.98 Å². The van der Waals surface area contributed by atoms with E-state index in [4.69, 9.17) is 16.6 Å². The lowest BCUT2D eigenvalue weighted by Gasteiger charge is -2.06. The Morgan fingerprint density at radius 2 is 2.23 bits per heavy atom. The number of H-pyrrole nitrogens is 1. The van der Waals surface area contributed by atoms with Gasteiger partial charge in [0.15, 0.2) is 5.82 Å². The van der Waals surface area contributed by atoms with E-state index in [1.165, 1.54) is 0 Å². The summed E-state index contributed by atoms with van der Waals surface area (Å²) in [5.41, 5.74) is 10.5. The molecule has 0 atom stereocenters. The summed E-state index contributed by atoms with van der Waals surface area (Å²) in [6.45, 7) is 0.188. The zero-order valence-electron chi connectivity index (χ0n) is 6.87.